The van der Waals surface area contributed by atoms with Crippen molar-refractivity contribution in [1.82, 2.24) is 14.9 Å². The van der Waals surface area contributed by atoms with Crippen molar-refractivity contribution in [2.75, 3.05) is 25.4 Å². The molecule has 0 aliphatic rings. The molecule has 2 heterocycles. The molecule has 17 heavy (non-hydrogen) atoms. The lowest BCUT2D eigenvalue weighted by molar-refractivity contribution is 0.164. The smallest absolute Gasteiger partial charge is 0.146 e. The fraction of sp³-hybridized carbons (Fsp3) is 0.364. The molecule has 2 rings (SSSR count). The van der Waals surface area contributed by atoms with Crippen LogP contribution in [0.5, 0.6) is 0 Å². The summed E-state index contributed by atoms with van der Waals surface area (Å²) in [6, 6.07) is 7.27. The van der Waals surface area contributed by atoms with Crippen LogP contribution in [0.2, 0.25) is 0 Å². The number of aromatic nitrogens is 2. The first kappa shape index (κ1) is 11.8. The van der Waals surface area contributed by atoms with Crippen LogP contribution in [0.3, 0.4) is 0 Å². The number of nitrogens with one attached hydrogen (secondary N) is 1. The predicted octanol–water partition coefficient (Wildman–Crippen LogP) is -0.468. The summed E-state index contributed by atoms with van der Waals surface area (Å²) in [5.74, 6) is 0.424. The van der Waals surface area contributed by atoms with E-state index >= 15 is 0 Å². The Kier molecular flexibility index (Phi) is 3.58. The molecule has 0 amide bonds. The molecule has 0 aliphatic heterocycles. The average molecular weight is 236 g/mol. The lowest BCUT2D eigenvalue weighted by Crippen LogP contribution is -2.25. The molecule has 0 spiro atoms. The van der Waals surface area contributed by atoms with Crippen molar-refractivity contribution < 1.29 is 10.2 Å². The fourth-order valence-electron chi connectivity index (χ4n) is 1.73. The third-order valence-electron chi connectivity index (χ3n) is 2.50. The molecule has 2 aromatic rings. The number of pyridine rings is 1. The quantitative estimate of drug-likeness (QED) is 0.526. The number of nitrogen functional groups attached to an aromatic ring is 1. The zero-order valence-electron chi connectivity index (χ0n) is 9.37. The molecule has 0 radical (unpaired) electrons. The second kappa shape index (κ2) is 5.13. The van der Waals surface area contributed by atoms with E-state index in [1.165, 1.54) is 0 Å². The zero-order chi connectivity index (χ0) is 12.3. The number of nitrogens with zero attached hydrogens (tertiary/aromatic N) is 2. The monoisotopic (exact) mass is 236 g/mol. The van der Waals surface area contributed by atoms with Gasteiger partial charge >= 0.3 is 0 Å². The Morgan fingerprint density at radius 2 is 2.29 bits per heavy atom. The molecule has 0 fully saturated rings. The van der Waals surface area contributed by atoms with Gasteiger partial charge in [0.1, 0.15) is 11.9 Å². The van der Waals surface area contributed by atoms with Crippen molar-refractivity contribution in [3.8, 4) is 0 Å². The average Bonchev–Trinajstić information content (AvgIpc) is 2.69. The van der Waals surface area contributed by atoms with Gasteiger partial charge in [-0.2, -0.15) is 5.10 Å². The van der Waals surface area contributed by atoms with Crippen LogP contribution in [0.4, 0.5) is 5.82 Å². The van der Waals surface area contributed by atoms with E-state index in [4.69, 9.17) is 10.8 Å². The Balaban J connectivity index is 2.22. The normalized spacial score (nSPS) is 13.1. The minimum atomic E-state index is -0.690. The van der Waals surface area contributed by atoms with Gasteiger partial charge < -0.3 is 21.3 Å². The Hall–Kier alpha value is -1.63. The van der Waals surface area contributed by atoms with E-state index in [1.54, 1.807) is 16.6 Å². The maximum absolute atomic E-state index is 10.0. The van der Waals surface area contributed by atoms with Crippen LogP contribution in [0.25, 0.3) is 5.52 Å². The second-order valence-electron chi connectivity index (χ2n) is 3.80. The second-order valence-corrected chi connectivity index (χ2v) is 3.80. The van der Waals surface area contributed by atoms with Gasteiger partial charge in [-0.3, -0.25) is 0 Å². The van der Waals surface area contributed by atoms with E-state index in [1.807, 2.05) is 12.1 Å². The van der Waals surface area contributed by atoms with Gasteiger partial charge in [0.25, 0.3) is 0 Å². The van der Waals surface area contributed by atoms with Gasteiger partial charge in [0, 0.05) is 19.2 Å². The van der Waals surface area contributed by atoms with Crippen LogP contribution in [0, 0.1) is 0 Å². The number of anilines is 1. The molecule has 6 heteroatoms. The standard InChI is InChI=1S/C11H16N4O2/c12-11-6-8-2-1-3-9(15(8)14-11)10(17)7-13-4-5-16/h1-3,6,10,13,16-17H,4-5,7H2,(H2,12,14). The maximum Gasteiger partial charge on any atom is 0.146 e. The molecule has 92 valence electrons. The Morgan fingerprint density at radius 1 is 1.47 bits per heavy atom. The highest BCUT2D eigenvalue weighted by Crippen LogP contribution is 2.16. The van der Waals surface area contributed by atoms with Crippen molar-refractivity contribution in [2.24, 2.45) is 0 Å². The zero-order valence-corrected chi connectivity index (χ0v) is 9.37. The van der Waals surface area contributed by atoms with E-state index in [-0.39, 0.29) is 6.61 Å². The molecule has 0 aromatic carbocycles. The van der Waals surface area contributed by atoms with E-state index in [9.17, 15) is 5.11 Å². The molecule has 0 bridgehead atoms. The summed E-state index contributed by atoms with van der Waals surface area (Å²) in [6.45, 7) is 0.860. The Morgan fingerprint density at radius 3 is 3.06 bits per heavy atom. The molecule has 0 aliphatic carbocycles. The first-order valence-electron chi connectivity index (χ1n) is 5.46. The van der Waals surface area contributed by atoms with Crippen LogP contribution in [-0.2, 0) is 0 Å². The lowest BCUT2D eigenvalue weighted by atomic mass is 10.2. The van der Waals surface area contributed by atoms with Crippen LogP contribution < -0.4 is 11.1 Å². The number of nitrogens with two attached hydrogens (primary N) is 1. The third kappa shape index (κ3) is 2.55. The molecule has 0 saturated heterocycles. The summed E-state index contributed by atoms with van der Waals surface area (Å²) >= 11 is 0. The summed E-state index contributed by atoms with van der Waals surface area (Å²) in [6.07, 6.45) is -0.690. The number of aliphatic hydroxyl groups excluding tert-OH is 2. The highest BCUT2D eigenvalue weighted by atomic mass is 16.3. The molecule has 2 aromatic heterocycles. The molecule has 6 nitrogen and oxygen atoms in total. The van der Waals surface area contributed by atoms with Gasteiger partial charge in [-0.15, -0.1) is 0 Å². The van der Waals surface area contributed by atoms with E-state index in [0.717, 1.165) is 5.52 Å². The summed E-state index contributed by atoms with van der Waals surface area (Å²) in [7, 11) is 0. The van der Waals surface area contributed by atoms with Gasteiger partial charge in [0.2, 0.25) is 0 Å². The van der Waals surface area contributed by atoms with Crippen molar-refractivity contribution in [3.05, 3.63) is 30.0 Å². The van der Waals surface area contributed by atoms with Crippen LogP contribution in [-0.4, -0.2) is 39.5 Å². The predicted molar refractivity (Wildman–Crippen MR) is 64.5 cm³/mol. The summed E-state index contributed by atoms with van der Waals surface area (Å²) in [4.78, 5) is 0. The molecule has 1 atom stereocenters. The topological polar surface area (TPSA) is 95.8 Å². The minimum absolute atomic E-state index is 0.0473. The van der Waals surface area contributed by atoms with Crippen LogP contribution >= 0.6 is 0 Å². The molecule has 1 unspecified atom stereocenters. The number of rotatable bonds is 5. The van der Waals surface area contributed by atoms with Gasteiger partial charge in [-0.1, -0.05) is 6.07 Å². The molecule has 0 saturated carbocycles. The number of aliphatic hydroxyl groups is 2. The third-order valence-corrected chi connectivity index (χ3v) is 2.50. The fourth-order valence-corrected chi connectivity index (χ4v) is 1.73. The van der Waals surface area contributed by atoms with Gasteiger partial charge in [-0.25, -0.2) is 4.52 Å². The largest absolute Gasteiger partial charge is 0.395 e. The van der Waals surface area contributed by atoms with Gasteiger partial charge in [0.15, 0.2) is 0 Å². The molecule has 5 N–H and O–H groups in total. The Bertz CT molecular complexity index is 497. The van der Waals surface area contributed by atoms with E-state index in [0.29, 0.717) is 24.6 Å². The number of hydrogen-bond acceptors (Lipinski definition) is 5. The first-order valence-corrected chi connectivity index (χ1v) is 5.46. The first-order chi connectivity index (χ1) is 8.22. The maximum atomic E-state index is 10.0. The van der Waals surface area contributed by atoms with Crippen LogP contribution in [0.15, 0.2) is 24.3 Å². The van der Waals surface area contributed by atoms with Crippen molar-refractivity contribution in [3.63, 3.8) is 0 Å². The lowest BCUT2D eigenvalue weighted by Gasteiger charge is -2.12. The van der Waals surface area contributed by atoms with Crippen molar-refractivity contribution in [2.45, 2.75) is 6.10 Å². The van der Waals surface area contributed by atoms with Crippen molar-refractivity contribution >= 4 is 11.3 Å². The summed E-state index contributed by atoms with van der Waals surface area (Å²) in [5, 5.41) is 25.7. The molecular formula is C11H16N4O2. The Labute approximate surface area is 98.7 Å². The highest BCUT2D eigenvalue weighted by Gasteiger charge is 2.12. The highest BCUT2D eigenvalue weighted by molar-refractivity contribution is 5.54. The minimum Gasteiger partial charge on any atom is -0.395 e. The molecular weight excluding hydrogens is 220 g/mol. The number of hydrogen-bond donors (Lipinski definition) is 4. The van der Waals surface area contributed by atoms with Crippen molar-refractivity contribution in [1.29, 1.82) is 0 Å². The summed E-state index contributed by atoms with van der Waals surface area (Å²) < 4.78 is 1.63. The van der Waals surface area contributed by atoms with E-state index < -0.39 is 6.10 Å². The number of fused-ring (bicyclic) bond motifs is 1. The van der Waals surface area contributed by atoms with Gasteiger partial charge in [0.05, 0.1) is 17.8 Å². The summed E-state index contributed by atoms with van der Waals surface area (Å²) in [5.41, 5.74) is 7.14. The van der Waals surface area contributed by atoms with Crippen LogP contribution in [0.1, 0.15) is 11.8 Å². The van der Waals surface area contributed by atoms with Gasteiger partial charge in [-0.05, 0) is 12.1 Å². The van der Waals surface area contributed by atoms with E-state index in [2.05, 4.69) is 10.4 Å². The SMILES string of the molecule is Nc1cc2cccc(C(O)CNCCO)n2n1.